The van der Waals surface area contributed by atoms with Crippen LogP contribution in [0.2, 0.25) is 0 Å². The van der Waals surface area contributed by atoms with Gasteiger partial charge in [-0.3, -0.25) is 0 Å². The van der Waals surface area contributed by atoms with Crippen molar-refractivity contribution in [1.82, 2.24) is 15.0 Å². The molecule has 0 aliphatic rings. The normalized spacial score (nSPS) is 10.1. The molecule has 0 saturated heterocycles. The first-order chi connectivity index (χ1) is 7.34. The Balaban J connectivity index is 1.81. The maximum Gasteiger partial charge on any atom is 0.123 e. The predicted molar refractivity (Wildman–Crippen MR) is 59.4 cm³/mol. The number of nitrogens with zero attached hydrogens (tertiary/aromatic N) is 2. The summed E-state index contributed by atoms with van der Waals surface area (Å²) in [4.78, 5) is 11.2. The molecule has 0 saturated carbocycles. The maximum absolute atomic E-state index is 5.48. The minimum atomic E-state index is 0.534. The van der Waals surface area contributed by atoms with Gasteiger partial charge in [0.1, 0.15) is 11.6 Å². The number of nitrogen functional groups attached to an aromatic ring is 1. The van der Waals surface area contributed by atoms with Crippen molar-refractivity contribution in [2.24, 2.45) is 0 Å². The number of aromatic nitrogens is 3. The molecule has 4 N–H and O–H groups in total. The zero-order valence-corrected chi connectivity index (χ0v) is 8.27. The molecule has 0 unspecified atom stereocenters. The Labute approximate surface area is 87.8 Å². The van der Waals surface area contributed by atoms with Gasteiger partial charge in [-0.25, -0.2) is 9.97 Å². The van der Waals surface area contributed by atoms with E-state index in [0.717, 1.165) is 24.5 Å². The van der Waals surface area contributed by atoms with E-state index in [1.54, 1.807) is 18.5 Å². The molecule has 2 aromatic rings. The Kier molecular flexibility index (Phi) is 2.82. The molecule has 0 aliphatic heterocycles. The third kappa shape index (κ3) is 2.70. The largest absolute Gasteiger partial charge is 0.384 e. The topological polar surface area (TPSA) is 79.6 Å². The molecule has 15 heavy (non-hydrogen) atoms. The Morgan fingerprint density at radius 3 is 2.93 bits per heavy atom. The summed E-state index contributed by atoms with van der Waals surface area (Å²) in [6, 6.07) is 3.68. The number of H-pyrrole nitrogens is 1. The fourth-order valence-corrected chi connectivity index (χ4v) is 1.27. The van der Waals surface area contributed by atoms with Gasteiger partial charge in [0.05, 0.1) is 11.9 Å². The van der Waals surface area contributed by atoms with Crippen LogP contribution >= 0.6 is 0 Å². The Bertz CT molecular complexity index is 392. The van der Waals surface area contributed by atoms with Gasteiger partial charge in [0.15, 0.2) is 0 Å². The van der Waals surface area contributed by atoms with E-state index in [-0.39, 0.29) is 0 Å². The summed E-state index contributed by atoms with van der Waals surface area (Å²) in [5.74, 6) is 1.51. The summed E-state index contributed by atoms with van der Waals surface area (Å²) in [5.41, 5.74) is 6.45. The van der Waals surface area contributed by atoms with Gasteiger partial charge in [0.25, 0.3) is 0 Å². The van der Waals surface area contributed by atoms with Gasteiger partial charge in [-0.1, -0.05) is 0 Å². The smallest absolute Gasteiger partial charge is 0.123 e. The number of rotatable bonds is 4. The number of nitrogens with one attached hydrogen (secondary N) is 2. The quantitative estimate of drug-likeness (QED) is 0.693. The third-order valence-corrected chi connectivity index (χ3v) is 2.03. The van der Waals surface area contributed by atoms with Crippen LogP contribution in [0, 0.1) is 0 Å². The highest BCUT2D eigenvalue weighted by Gasteiger charge is 1.95. The van der Waals surface area contributed by atoms with Gasteiger partial charge in [0, 0.05) is 25.4 Å². The summed E-state index contributed by atoms with van der Waals surface area (Å²) in [6.45, 7) is 0.819. The van der Waals surface area contributed by atoms with Crippen molar-refractivity contribution >= 4 is 11.5 Å². The first-order valence-electron chi connectivity index (χ1n) is 4.78. The number of anilines is 2. The molecule has 0 radical (unpaired) electrons. The second kappa shape index (κ2) is 4.45. The molecular weight excluding hydrogens is 190 g/mol. The Morgan fingerprint density at radius 1 is 1.33 bits per heavy atom. The lowest BCUT2D eigenvalue weighted by atomic mass is 10.3. The zero-order valence-electron chi connectivity index (χ0n) is 8.27. The molecule has 78 valence electrons. The van der Waals surface area contributed by atoms with E-state index in [4.69, 9.17) is 5.73 Å². The fraction of sp³-hybridized carbons (Fsp3) is 0.200. The van der Waals surface area contributed by atoms with Crippen LogP contribution in [0.1, 0.15) is 5.82 Å². The molecule has 0 aromatic carbocycles. The molecule has 0 atom stereocenters. The molecule has 0 amide bonds. The second-order valence-electron chi connectivity index (χ2n) is 3.18. The van der Waals surface area contributed by atoms with Gasteiger partial charge in [0.2, 0.25) is 0 Å². The summed E-state index contributed by atoms with van der Waals surface area (Å²) < 4.78 is 0. The molecule has 5 heteroatoms. The number of aromatic amines is 1. The third-order valence-electron chi connectivity index (χ3n) is 2.03. The number of imidazole rings is 1. The minimum Gasteiger partial charge on any atom is -0.384 e. The summed E-state index contributed by atoms with van der Waals surface area (Å²) in [5, 5.41) is 3.23. The average Bonchev–Trinajstić information content (AvgIpc) is 2.74. The van der Waals surface area contributed by atoms with Gasteiger partial charge in [-0.2, -0.15) is 0 Å². The summed E-state index contributed by atoms with van der Waals surface area (Å²) in [7, 11) is 0. The van der Waals surface area contributed by atoms with E-state index >= 15 is 0 Å². The van der Waals surface area contributed by atoms with Gasteiger partial charge < -0.3 is 16.0 Å². The van der Waals surface area contributed by atoms with Gasteiger partial charge in [-0.15, -0.1) is 0 Å². The molecule has 2 rings (SSSR count). The zero-order chi connectivity index (χ0) is 10.5. The predicted octanol–water partition coefficient (Wildman–Crippen LogP) is 1.04. The van der Waals surface area contributed by atoms with Crippen LogP contribution in [0.15, 0.2) is 30.7 Å². The summed E-state index contributed by atoms with van der Waals surface area (Å²) >= 11 is 0. The van der Waals surface area contributed by atoms with Crippen molar-refractivity contribution in [2.75, 3.05) is 17.6 Å². The molecule has 0 aliphatic carbocycles. The number of pyridine rings is 1. The van der Waals surface area contributed by atoms with Gasteiger partial charge in [-0.05, 0) is 12.1 Å². The van der Waals surface area contributed by atoms with Crippen LogP contribution in [-0.2, 0) is 6.42 Å². The first-order valence-corrected chi connectivity index (χ1v) is 4.78. The van der Waals surface area contributed by atoms with E-state index in [0.29, 0.717) is 5.82 Å². The van der Waals surface area contributed by atoms with Crippen LogP contribution in [0.25, 0.3) is 0 Å². The minimum absolute atomic E-state index is 0.534. The molecular formula is C10H13N5. The van der Waals surface area contributed by atoms with E-state index < -0.39 is 0 Å². The molecule has 2 heterocycles. The monoisotopic (exact) mass is 203 g/mol. The highest BCUT2D eigenvalue weighted by molar-refractivity contribution is 5.45. The van der Waals surface area contributed by atoms with Crippen molar-refractivity contribution in [1.29, 1.82) is 0 Å². The first kappa shape index (κ1) is 9.51. The van der Waals surface area contributed by atoms with Crippen LogP contribution in [0.4, 0.5) is 11.5 Å². The van der Waals surface area contributed by atoms with Crippen molar-refractivity contribution < 1.29 is 0 Å². The van der Waals surface area contributed by atoms with E-state index in [1.165, 1.54) is 0 Å². The highest BCUT2D eigenvalue weighted by atomic mass is 14.9. The van der Waals surface area contributed by atoms with Gasteiger partial charge >= 0.3 is 0 Å². The van der Waals surface area contributed by atoms with Crippen molar-refractivity contribution in [3.05, 3.63) is 36.5 Å². The van der Waals surface area contributed by atoms with Crippen molar-refractivity contribution in [2.45, 2.75) is 6.42 Å². The van der Waals surface area contributed by atoms with E-state index in [9.17, 15) is 0 Å². The lowest BCUT2D eigenvalue weighted by molar-refractivity contribution is 0.926. The van der Waals surface area contributed by atoms with Crippen molar-refractivity contribution in [3.63, 3.8) is 0 Å². The molecule has 0 fully saturated rings. The Hall–Kier alpha value is -2.04. The highest BCUT2D eigenvalue weighted by Crippen LogP contribution is 2.06. The second-order valence-corrected chi connectivity index (χ2v) is 3.18. The van der Waals surface area contributed by atoms with Crippen LogP contribution in [0.5, 0.6) is 0 Å². The van der Waals surface area contributed by atoms with Crippen LogP contribution in [-0.4, -0.2) is 21.5 Å². The van der Waals surface area contributed by atoms with Crippen LogP contribution < -0.4 is 11.1 Å². The van der Waals surface area contributed by atoms with Crippen molar-refractivity contribution in [3.8, 4) is 0 Å². The lowest BCUT2D eigenvalue weighted by Gasteiger charge is -2.04. The van der Waals surface area contributed by atoms with Crippen LogP contribution in [0.3, 0.4) is 0 Å². The van der Waals surface area contributed by atoms with E-state index in [1.807, 2.05) is 12.3 Å². The Morgan fingerprint density at radius 2 is 2.27 bits per heavy atom. The number of hydrogen-bond acceptors (Lipinski definition) is 4. The molecule has 0 spiro atoms. The SMILES string of the molecule is Nc1ccc(NCCc2ncc[nH]2)cn1. The maximum atomic E-state index is 5.48. The standard InChI is InChI=1S/C10H13N5/c11-9-2-1-8(7-15-9)12-4-3-10-13-5-6-14-10/h1-2,5-7,12H,3-4H2,(H2,11,15)(H,13,14). The lowest BCUT2D eigenvalue weighted by Crippen LogP contribution is -2.06. The number of hydrogen-bond donors (Lipinski definition) is 3. The fourth-order valence-electron chi connectivity index (χ4n) is 1.27. The number of nitrogens with two attached hydrogens (primary N) is 1. The molecule has 5 nitrogen and oxygen atoms in total. The molecule has 2 aromatic heterocycles. The summed E-state index contributed by atoms with van der Waals surface area (Å²) in [6.07, 6.45) is 6.15. The molecule has 0 bridgehead atoms. The average molecular weight is 203 g/mol. The van der Waals surface area contributed by atoms with E-state index in [2.05, 4.69) is 20.3 Å².